The first-order valence-corrected chi connectivity index (χ1v) is 8.60. The molecule has 1 aliphatic heterocycles. The normalized spacial score (nSPS) is 31.2. The number of benzene rings is 1. The number of aliphatic hydroxyl groups is 1. The van der Waals surface area contributed by atoms with E-state index in [1.807, 2.05) is 17.9 Å². The predicted octanol–water partition coefficient (Wildman–Crippen LogP) is 3.66. The Bertz CT molecular complexity index is 588. The van der Waals surface area contributed by atoms with E-state index in [2.05, 4.69) is 6.92 Å². The monoisotopic (exact) mass is 321 g/mol. The first-order valence-electron chi connectivity index (χ1n) is 8.22. The fraction of sp³-hybridized carbons (Fsp3) is 0.611. The van der Waals surface area contributed by atoms with E-state index in [-0.39, 0.29) is 11.8 Å². The van der Waals surface area contributed by atoms with E-state index in [9.17, 15) is 9.90 Å². The molecule has 1 aromatic carbocycles. The van der Waals surface area contributed by atoms with Crippen LogP contribution in [0.2, 0.25) is 5.02 Å². The number of hydrogen-bond acceptors (Lipinski definition) is 2. The highest BCUT2D eigenvalue weighted by Gasteiger charge is 2.48. The SMILES string of the molecule is CC[C@@]1(O)CCC[C@@H]2CN(C(=O)c3ccc(Cl)c(C)c3)C[C@@H]21. The summed E-state index contributed by atoms with van der Waals surface area (Å²) in [5, 5.41) is 11.5. The van der Waals surface area contributed by atoms with Gasteiger partial charge in [0.25, 0.3) is 5.91 Å². The van der Waals surface area contributed by atoms with Crippen molar-refractivity contribution in [3.8, 4) is 0 Å². The zero-order chi connectivity index (χ0) is 15.9. The van der Waals surface area contributed by atoms with Crippen molar-refractivity contribution in [3.63, 3.8) is 0 Å². The van der Waals surface area contributed by atoms with Crippen molar-refractivity contribution in [3.05, 3.63) is 34.3 Å². The maximum Gasteiger partial charge on any atom is 0.253 e. The maximum absolute atomic E-state index is 12.8. The molecule has 4 heteroatoms. The van der Waals surface area contributed by atoms with Crippen LogP contribution in [0.15, 0.2) is 18.2 Å². The van der Waals surface area contributed by atoms with Crippen molar-refractivity contribution in [2.24, 2.45) is 11.8 Å². The van der Waals surface area contributed by atoms with Gasteiger partial charge in [0.1, 0.15) is 0 Å². The van der Waals surface area contributed by atoms with Crippen molar-refractivity contribution in [1.29, 1.82) is 0 Å². The van der Waals surface area contributed by atoms with Crippen LogP contribution in [0.3, 0.4) is 0 Å². The van der Waals surface area contributed by atoms with Gasteiger partial charge < -0.3 is 10.0 Å². The predicted molar refractivity (Wildman–Crippen MR) is 88.2 cm³/mol. The van der Waals surface area contributed by atoms with E-state index in [0.29, 0.717) is 23.0 Å². The van der Waals surface area contributed by atoms with Crippen LogP contribution >= 0.6 is 11.6 Å². The van der Waals surface area contributed by atoms with Gasteiger partial charge in [0, 0.05) is 29.6 Å². The summed E-state index contributed by atoms with van der Waals surface area (Å²) in [5.41, 5.74) is 1.03. The molecule has 1 saturated heterocycles. The van der Waals surface area contributed by atoms with Gasteiger partial charge in [0.2, 0.25) is 0 Å². The van der Waals surface area contributed by atoms with E-state index >= 15 is 0 Å². The van der Waals surface area contributed by atoms with Crippen LogP contribution in [0.1, 0.15) is 48.5 Å². The Morgan fingerprint density at radius 2 is 2.23 bits per heavy atom. The minimum atomic E-state index is -0.589. The van der Waals surface area contributed by atoms with Gasteiger partial charge in [-0.25, -0.2) is 0 Å². The molecule has 0 spiro atoms. The summed E-state index contributed by atoms with van der Waals surface area (Å²) in [7, 11) is 0. The summed E-state index contributed by atoms with van der Waals surface area (Å²) < 4.78 is 0. The second-order valence-electron chi connectivity index (χ2n) is 6.89. The number of nitrogens with zero attached hydrogens (tertiary/aromatic N) is 1. The van der Waals surface area contributed by atoms with Crippen LogP contribution in [-0.2, 0) is 0 Å². The van der Waals surface area contributed by atoms with Crippen LogP contribution in [0.25, 0.3) is 0 Å². The minimum Gasteiger partial charge on any atom is -0.390 e. The summed E-state index contributed by atoms with van der Waals surface area (Å²) >= 11 is 6.04. The fourth-order valence-corrected chi connectivity index (χ4v) is 4.31. The smallest absolute Gasteiger partial charge is 0.253 e. The fourth-order valence-electron chi connectivity index (χ4n) is 4.19. The number of hydrogen-bond donors (Lipinski definition) is 1. The van der Waals surface area contributed by atoms with Crippen molar-refractivity contribution >= 4 is 17.5 Å². The van der Waals surface area contributed by atoms with Gasteiger partial charge in [-0.05, 0) is 55.9 Å². The molecule has 1 heterocycles. The number of carbonyl (C=O) groups is 1. The largest absolute Gasteiger partial charge is 0.390 e. The number of carbonyl (C=O) groups excluding carboxylic acids is 1. The first-order chi connectivity index (χ1) is 10.4. The number of fused-ring (bicyclic) bond motifs is 1. The Hall–Kier alpha value is -1.06. The Labute approximate surface area is 137 Å². The summed E-state index contributed by atoms with van der Waals surface area (Å²) in [5.74, 6) is 0.729. The number of rotatable bonds is 2. The summed E-state index contributed by atoms with van der Waals surface area (Å²) in [6.07, 6.45) is 3.83. The first kappa shape index (κ1) is 15.8. The Kier molecular flexibility index (Phi) is 4.21. The zero-order valence-corrected chi connectivity index (χ0v) is 14.1. The van der Waals surface area contributed by atoms with Crippen molar-refractivity contribution in [2.45, 2.75) is 45.1 Å². The number of likely N-dealkylation sites (tertiary alicyclic amines) is 1. The van der Waals surface area contributed by atoms with Crippen molar-refractivity contribution in [1.82, 2.24) is 4.90 Å². The van der Waals surface area contributed by atoms with Gasteiger partial charge in [-0.2, -0.15) is 0 Å². The van der Waals surface area contributed by atoms with Gasteiger partial charge >= 0.3 is 0 Å². The minimum absolute atomic E-state index is 0.0626. The van der Waals surface area contributed by atoms with E-state index in [0.717, 1.165) is 37.8 Å². The molecule has 1 amide bonds. The Balaban J connectivity index is 1.79. The highest BCUT2D eigenvalue weighted by molar-refractivity contribution is 6.31. The lowest BCUT2D eigenvalue weighted by Gasteiger charge is -2.40. The van der Waals surface area contributed by atoms with Crippen molar-refractivity contribution < 1.29 is 9.90 Å². The molecule has 22 heavy (non-hydrogen) atoms. The molecular weight excluding hydrogens is 298 g/mol. The molecule has 120 valence electrons. The molecule has 1 saturated carbocycles. The third kappa shape index (κ3) is 2.65. The number of aryl methyl sites for hydroxylation is 1. The summed E-state index contributed by atoms with van der Waals surface area (Å²) in [6, 6.07) is 5.44. The van der Waals surface area contributed by atoms with Gasteiger partial charge in [-0.15, -0.1) is 0 Å². The van der Waals surface area contributed by atoms with E-state index in [1.54, 1.807) is 12.1 Å². The average Bonchev–Trinajstić information content (AvgIpc) is 2.95. The molecule has 3 nitrogen and oxygen atoms in total. The third-order valence-corrected chi connectivity index (χ3v) is 6.04. The summed E-state index contributed by atoms with van der Waals surface area (Å²) in [4.78, 5) is 14.7. The molecule has 0 aromatic heterocycles. The standard InChI is InChI=1S/C18H24ClNO2/c1-3-18(22)8-4-5-14-10-20(11-15(14)18)17(21)13-6-7-16(19)12(2)9-13/h6-7,9,14-15,22H,3-5,8,10-11H2,1-2H3/t14-,15+,18-/m1/s1. The molecule has 0 unspecified atom stereocenters. The van der Waals surface area contributed by atoms with E-state index in [1.165, 1.54) is 0 Å². The lowest BCUT2D eigenvalue weighted by atomic mass is 9.69. The quantitative estimate of drug-likeness (QED) is 0.903. The lowest BCUT2D eigenvalue weighted by Crippen LogP contribution is -2.44. The topological polar surface area (TPSA) is 40.5 Å². The molecule has 1 aliphatic carbocycles. The van der Waals surface area contributed by atoms with E-state index in [4.69, 9.17) is 11.6 Å². The third-order valence-electron chi connectivity index (χ3n) is 5.62. The highest BCUT2D eigenvalue weighted by Crippen LogP contribution is 2.44. The molecule has 2 fully saturated rings. The van der Waals surface area contributed by atoms with Crippen LogP contribution < -0.4 is 0 Å². The molecule has 3 atom stereocenters. The molecule has 3 rings (SSSR count). The molecular formula is C18H24ClNO2. The van der Waals surface area contributed by atoms with Crippen LogP contribution in [0.4, 0.5) is 0 Å². The van der Waals surface area contributed by atoms with Gasteiger partial charge in [0.15, 0.2) is 0 Å². The molecule has 1 aromatic rings. The molecule has 0 radical (unpaired) electrons. The molecule has 0 bridgehead atoms. The van der Waals surface area contributed by atoms with Gasteiger partial charge in [-0.3, -0.25) is 4.79 Å². The highest BCUT2D eigenvalue weighted by atomic mass is 35.5. The zero-order valence-electron chi connectivity index (χ0n) is 13.3. The van der Waals surface area contributed by atoms with Crippen LogP contribution in [-0.4, -0.2) is 34.6 Å². The Morgan fingerprint density at radius 3 is 2.91 bits per heavy atom. The maximum atomic E-state index is 12.8. The lowest BCUT2D eigenvalue weighted by molar-refractivity contribution is -0.0609. The van der Waals surface area contributed by atoms with Gasteiger partial charge in [0.05, 0.1) is 5.60 Å². The summed E-state index contributed by atoms with van der Waals surface area (Å²) in [6.45, 7) is 5.41. The number of halogens is 1. The average molecular weight is 322 g/mol. The Morgan fingerprint density at radius 1 is 1.45 bits per heavy atom. The van der Waals surface area contributed by atoms with Crippen molar-refractivity contribution in [2.75, 3.05) is 13.1 Å². The van der Waals surface area contributed by atoms with Crippen LogP contribution in [0.5, 0.6) is 0 Å². The second kappa shape index (κ2) is 5.86. The van der Waals surface area contributed by atoms with Gasteiger partial charge in [-0.1, -0.05) is 24.9 Å². The second-order valence-corrected chi connectivity index (χ2v) is 7.30. The number of amides is 1. The van der Waals surface area contributed by atoms with E-state index < -0.39 is 5.60 Å². The molecule has 1 N–H and O–H groups in total. The molecule has 2 aliphatic rings. The van der Waals surface area contributed by atoms with Crippen LogP contribution in [0, 0.1) is 18.8 Å².